The molecule has 0 aliphatic heterocycles. The lowest BCUT2D eigenvalue weighted by Gasteiger charge is -2.20. The van der Waals surface area contributed by atoms with Gasteiger partial charge in [0.25, 0.3) is 0 Å². The highest BCUT2D eigenvalue weighted by Crippen LogP contribution is 2.25. The molecular weight excluding hydrogens is 459 g/mol. The smallest absolute Gasteiger partial charge is 0.243 e. The van der Waals surface area contributed by atoms with E-state index in [4.69, 9.17) is 23.2 Å². The van der Waals surface area contributed by atoms with Gasteiger partial charge in [-0.05, 0) is 29.7 Å². The number of rotatable bonds is 9. The zero-order chi connectivity index (χ0) is 22.4. The molecule has 3 rings (SSSR count). The van der Waals surface area contributed by atoms with E-state index < -0.39 is 16.1 Å². The molecule has 1 unspecified atom stereocenters. The number of sulfonamides is 1. The fourth-order valence-corrected chi connectivity index (χ4v) is 4.64. The molecule has 0 bridgehead atoms. The Hall–Kier alpha value is -2.39. The number of aryl methyl sites for hydroxylation is 1. The van der Waals surface area contributed by atoms with E-state index in [0.29, 0.717) is 22.0 Å². The van der Waals surface area contributed by atoms with Crippen LogP contribution in [0.1, 0.15) is 23.6 Å². The number of hydrogen-bond donors (Lipinski definition) is 2. The molecule has 1 aromatic heterocycles. The highest BCUT2D eigenvalue weighted by Gasteiger charge is 2.21. The SMILES string of the molecule is Cn1cc(S(=O)(=O)NCC(NC(=O)CCc2c(Cl)cccc2Cl)c2ccccc2)cn1. The molecular formula is C21H22Cl2N4O3S. The first-order valence-electron chi connectivity index (χ1n) is 9.52. The maximum atomic E-state index is 12.6. The second-order valence-corrected chi connectivity index (χ2v) is 9.51. The number of hydrogen-bond acceptors (Lipinski definition) is 4. The normalized spacial score (nSPS) is 12.5. The molecule has 164 valence electrons. The highest BCUT2D eigenvalue weighted by molar-refractivity contribution is 7.89. The van der Waals surface area contributed by atoms with Crippen LogP contribution in [-0.2, 0) is 28.3 Å². The number of nitrogens with one attached hydrogen (secondary N) is 2. The van der Waals surface area contributed by atoms with Crippen molar-refractivity contribution >= 4 is 39.1 Å². The summed E-state index contributed by atoms with van der Waals surface area (Å²) in [5.41, 5.74) is 1.48. The number of carbonyl (C=O) groups excluding carboxylic acids is 1. The summed E-state index contributed by atoms with van der Waals surface area (Å²) in [6.45, 7) is -0.0141. The van der Waals surface area contributed by atoms with Crippen LogP contribution in [0.4, 0.5) is 0 Å². The molecule has 2 N–H and O–H groups in total. The van der Waals surface area contributed by atoms with Crippen molar-refractivity contribution in [2.45, 2.75) is 23.8 Å². The van der Waals surface area contributed by atoms with Gasteiger partial charge < -0.3 is 5.32 Å². The second-order valence-electron chi connectivity index (χ2n) is 6.93. The Morgan fingerprint density at radius 2 is 1.77 bits per heavy atom. The van der Waals surface area contributed by atoms with E-state index in [1.807, 2.05) is 30.3 Å². The van der Waals surface area contributed by atoms with E-state index in [9.17, 15) is 13.2 Å². The number of carbonyl (C=O) groups is 1. The van der Waals surface area contributed by atoms with Crippen molar-refractivity contribution in [2.24, 2.45) is 7.05 Å². The monoisotopic (exact) mass is 480 g/mol. The van der Waals surface area contributed by atoms with Crippen LogP contribution in [0.15, 0.2) is 65.8 Å². The Bertz CT molecular complexity index is 1130. The number of benzene rings is 2. The molecule has 10 heteroatoms. The van der Waals surface area contributed by atoms with Gasteiger partial charge in [0, 0.05) is 36.3 Å². The summed E-state index contributed by atoms with van der Waals surface area (Å²) in [6.07, 6.45) is 3.20. The summed E-state index contributed by atoms with van der Waals surface area (Å²) in [5, 5.41) is 7.80. The van der Waals surface area contributed by atoms with E-state index in [2.05, 4.69) is 15.1 Å². The van der Waals surface area contributed by atoms with Crippen LogP contribution in [-0.4, -0.2) is 30.7 Å². The largest absolute Gasteiger partial charge is 0.348 e. The standard InChI is InChI=1S/C21H22Cl2N4O3S/c1-27-14-16(12-24-27)31(29,30)25-13-20(15-6-3-2-4-7-15)26-21(28)11-10-17-18(22)8-5-9-19(17)23/h2-9,12,14,20,25H,10-11,13H2,1H3,(H,26,28). The van der Waals surface area contributed by atoms with Crippen LogP contribution >= 0.6 is 23.2 Å². The van der Waals surface area contributed by atoms with Gasteiger partial charge in [0.15, 0.2) is 0 Å². The van der Waals surface area contributed by atoms with Crippen molar-refractivity contribution in [1.82, 2.24) is 19.8 Å². The molecule has 1 atom stereocenters. The van der Waals surface area contributed by atoms with Crippen molar-refractivity contribution in [2.75, 3.05) is 6.54 Å². The van der Waals surface area contributed by atoms with Gasteiger partial charge in [-0.3, -0.25) is 9.48 Å². The third-order valence-corrected chi connectivity index (χ3v) is 6.76. The maximum Gasteiger partial charge on any atom is 0.243 e. The molecule has 0 aliphatic carbocycles. The molecule has 2 aromatic carbocycles. The van der Waals surface area contributed by atoms with Gasteiger partial charge >= 0.3 is 0 Å². The zero-order valence-electron chi connectivity index (χ0n) is 16.8. The lowest BCUT2D eigenvalue weighted by atomic mass is 10.1. The molecule has 31 heavy (non-hydrogen) atoms. The van der Waals surface area contributed by atoms with Crippen LogP contribution in [0.3, 0.4) is 0 Å². The van der Waals surface area contributed by atoms with Crippen molar-refractivity contribution < 1.29 is 13.2 Å². The first-order chi connectivity index (χ1) is 14.8. The first kappa shape index (κ1) is 23.3. The van der Waals surface area contributed by atoms with Crippen LogP contribution in [0, 0.1) is 0 Å². The Balaban J connectivity index is 1.68. The number of aromatic nitrogens is 2. The Kier molecular flexibility index (Phi) is 7.72. The van der Waals surface area contributed by atoms with Gasteiger partial charge in [-0.25, -0.2) is 13.1 Å². The van der Waals surface area contributed by atoms with Crippen molar-refractivity contribution in [3.63, 3.8) is 0 Å². The molecule has 3 aromatic rings. The molecule has 7 nitrogen and oxygen atoms in total. The predicted molar refractivity (Wildman–Crippen MR) is 121 cm³/mol. The van der Waals surface area contributed by atoms with E-state index in [-0.39, 0.29) is 23.8 Å². The van der Waals surface area contributed by atoms with Crippen molar-refractivity contribution in [1.29, 1.82) is 0 Å². The number of nitrogens with zero attached hydrogens (tertiary/aromatic N) is 2. The topological polar surface area (TPSA) is 93.1 Å². The van der Waals surface area contributed by atoms with Gasteiger partial charge in [0.2, 0.25) is 15.9 Å². The van der Waals surface area contributed by atoms with Crippen LogP contribution in [0.2, 0.25) is 10.0 Å². The molecule has 0 radical (unpaired) electrons. The first-order valence-corrected chi connectivity index (χ1v) is 11.8. The van der Waals surface area contributed by atoms with E-state index in [1.54, 1.807) is 25.2 Å². The van der Waals surface area contributed by atoms with E-state index in [0.717, 1.165) is 5.56 Å². The lowest BCUT2D eigenvalue weighted by molar-refractivity contribution is -0.121. The average molecular weight is 481 g/mol. The number of amides is 1. The molecule has 0 aliphatic rings. The Morgan fingerprint density at radius 3 is 2.39 bits per heavy atom. The zero-order valence-corrected chi connectivity index (χ0v) is 19.1. The van der Waals surface area contributed by atoms with Gasteiger partial charge in [-0.15, -0.1) is 0 Å². The quantitative estimate of drug-likeness (QED) is 0.490. The molecule has 0 spiro atoms. The predicted octanol–water partition coefficient (Wildman–Crippen LogP) is 3.50. The molecule has 0 fully saturated rings. The highest BCUT2D eigenvalue weighted by atomic mass is 35.5. The van der Waals surface area contributed by atoms with Crippen LogP contribution < -0.4 is 10.0 Å². The third-order valence-electron chi connectivity index (χ3n) is 4.67. The lowest BCUT2D eigenvalue weighted by Crippen LogP contribution is -2.38. The molecule has 0 saturated carbocycles. The van der Waals surface area contributed by atoms with Gasteiger partial charge in [0.1, 0.15) is 4.90 Å². The summed E-state index contributed by atoms with van der Waals surface area (Å²) in [6, 6.07) is 13.8. The van der Waals surface area contributed by atoms with Gasteiger partial charge in [-0.2, -0.15) is 5.10 Å². The van der Waals surface area contributed by atoms with Gasteiger partial charge in [0.05, 0.1) is 12.2 Å². The van der Waals surface area contributed by atoms with Gasteiger partial charge in [-0.1, -0.05) is 59.6 Å². The summed E-state index contributed by atoms with van der Waals surface area (Å²) in [7, 11) is -2.13. The van der Waals surface area contributed by atoms with Crippen molar-refractivity contribution in [3.05, 3.63) is 82.1 Å². The van der Waals surface area contributed by atoms with Crippen LogP contribution in [0.5, 0.6) is 0 Å². The summed E-state index contributed by atoms with van der Waals surface area (Å²) in [4.78, 5) is 12.7. The minimum absolute atomic E-state index is 0.0141. The maximum absolute atomic E-state index is 12.6. The van der Waals surface area contributed by atoms with Crippen molar-refractivity contribution in [3.8, 4) is 0 Å². The minimum Gasteiger partial charge on any atom is -0.348 e. The van der Waals surface area contributed by atoms with E-state index >= 15 is 0 Å². The molecule has 1 heterocycles. The van der Waals surface area contributed by atoms with E-state index in [1.165, 1.54) is 17.1 Å². The fourth-order valence-electron chi connectivity index (χ4n) is 3.03. The summed E-state index contributed by atoms with van der Waals surface area (Å²) >= 11 is 12.3. The summed E-state index contributed by atoms with van der Waals surface area (Å²) in [5.74, 6) is -0.245. The minimum atomic E-state index is -3.76. The third kappa shape index (κ3) is 6.30. The average Bonchev–Trinajstić information content (AvgIpc) is 3.19. The Morgan fingerprint density at radius 1 is 1.10 bits per heavy atom. The Labute approximate surface area is 191 Å². The fraction of sp³-hybridized carbons (Fsp3) is 0.238. The second kappa shape index (κ2) is 10.3. The molecule has 1 amide bonds. The summed E-state index contributed by atoms with van der Waals surface area (Å²) < 4.78 is 29.0. The number of halogens is 2. The molecule has 0 saturated heterocycles. The van der Waals surface area contributed by atoms with Crippen LogP contribution in [0.25, 0.3) is 0 Å².